The van der Waals surface area contributed by atoms with Crippen LogP contribution >= 0.6 is 23.6 Å². The predicted octanol–water partition coefficient (Wildman–Crippen LogP) is 2.07. The second-order valence-corrected chi connectivity index (χ2v) is 4.95. The molecule has 1 rings (SSSR count). The Morgan fingerprint density at radius 3 is 2.42 bits per heavy atom. The quantitative estimate of drug-likeness (QED) is 0.705. The van der Waals surface area contributed by atoms with Crippen molar-refractivity contribution in [2.24, 2.45) is 5.73 Å². The normalized spacial score (nSPS) is 11.6. The molecule has 1 aromatic rings. The Kier molecular flexibility index (Phi) is 2.49. The van der Waals surface area contributed by atoms with E-state index in [0.717, 1.165) is 10.7 Å². The number of hydrogen-bond acceptors (Lipinski definition) is 3. The van der Waals surface area contributed by atoms with Gasteiger partial charge in [-0.2, -0.15) is 0 Å². The summed E-state index contributed by atoms with van der Waals surface area (Å²) in [4.78, 5) is 4.72. The molecule has 0 amide bonds. The first-order chi connectivity index (χ1) is 5.41. The van der Waals surface area contributed by atoms with E-state index in [-0.39, 0.29) is 5.41 Å². The predicted molar refractivity (Wildman–Crippen MR) is 56.7 cm³/mol. The van der Waals surface area contributed by atoms with Gasteiger partial charge < -0.3 is 5.73 Å². The summed E-state index contributed by atoms with van der Waals surface area (Å²) in [6, 6.07) is 0. The number of nitrogens with two attached hydrogens (primary N) is 1. The number of nitrogens with zero attached hydrogens (tertiary/aromatic N) is 1. The molecule has 4 heteroatoms. The average Bonchev–Trinajstić information content (AvgIpc) is 2.30. The lowest BCUT2D eigenvalue weighted by atomic mass is 9.93. The molecular weight excluding hydrogens is 188 g/mol. The third kappa shape index (κ3) is 2.01. The van der Waals surface area contributed by atoms with Crippen molar-refractivity contribution in [2.45, 2.75) is 26.2 Å². The van der Waals surface area contributed by atoms with Gasteiger partial charge in [0.05, 0.1) is 5.69 Å². The second-order valence-electron chi connectivity index (χ2n) is 3.65. The highest BCUT2D eigenvalue weighted by atomic mass is 32.1. The molecule has 2 nitrogen and oxygen atoms in total. The SMILES string of the molecule is CC(C)(C)c1csc(C(N)=S)n1. The van der Waals surface area contributed by atoms with Crippen molar-refractivity contribution in [1.82, 2.24) is 4.98 Å². The molecule has 0 saturated carbocycles. The lowest BCUT2D eigenvalue weighted by Crippen LogP contribution is -2.14. The maximum absolute atomic E-state index is 5.45. The van der Waals surface area contributed by atoms with Gasteiger partial charge in [-0.05, 0) is 0 Å². The van der Waals surface area contributed by atoms with Crippen molar-refractivity contribution >= 4 is 28.5 Å². The van der Waals surface area contributed by atoms with Gasteiger partial charge in [0.15, 0.2) is 5.01 Å². The number of rotatable bonds is 1. The van der Waals surface area contributed by atoms with Gasteiger partial charge in [-0.3, -0.25) is 0 Å². The van der Waals surface area contributed by atoms with Crippen LogP contribution in [0.4, 0.5) is 0 Å². The minimum atomic E-state index is 0.0829. The van der Waals surface area contributed by atoms with Crippen LogP contribution in [-0.4, -0.2) is 9.97 Å². The molecule has 0 fully saturated rings. The molecule has 0 aliphatic rings. The molecular formula is C8H12N2S2. The molecule has 2 N–H and O–H groups in total. The maximum Gasteiger partial charge on any atom is 0.150 e. The van der Waals surface area contributed by atoms with Gasteiger partial charge in [0.2, 0.25) is 0 Å². The highest BCUT2D eigenvalue weighted by Crippen LogP contribution is 2.23. The van der Waals surface area contributed by atoms with Gasteiger partial charge in [-0.25, -0.2) is 4.98 Å². The molecule has 0 radical (unpaired) electrons. The summed E-state index contributed by atoms with van der Waals surface area (Å²) >= 11 is 6.33. The van der Waals surface area contributed by atoms with Gasteiger partial charge in [0, 0.05) is 10.8 Å². The highest BCUT2D eigenvalue weighted by Gasteiger charge is 2.17. The van der Waals surface area contributed by atoms with Crippen molar-refractivity contribution in [2.75, 3.05) is 0 Å². The minimum Gasteiger partial charge on any atom is -0.387 e. The fourth-order valence-electron chi connectivity index (χ4n) is 0.731. The van der Waals surface area contributed by atoms with E-state index >= 15 is 0 Å². The smallest absolute Gasteiger partial charge is 0.150 e. The molecule has 0 aromatic carbocycles. The Balaban J connectivity index is 3.00. The van der Waals surface area contributed by atoms with Crippen molar-refractivity contribution < 1.29 is 0 Å². The molecule has 0 saturated heterocycles. The van der Waals surface area contributed by atoms with Crippen molar-refractivity contribution in [3.63, 3.8) is 0 Å². The molecule has 1 aromatic heterocycles. The van der Waals surface area contributed by atoms with E-state index in [0.29, 0.717) is 4.99 Å². The van der Waals surface area contributed by atoms with Crippen molar-refractivity contribution in [3.05, 3.63) is 16.1 Å². The Labute approximate surface area is 81.8 Å². The van der Waals surface area contributed by atoms with Crippen LogP contribution in [-0.2, 0) is 5.41 Å². The zero-order valence-electron chi connectivity index (χ0n) is 7.42. The molecule has 0 aliphatic carbocycles. The molecule has 0 bridgehead atoms. The molecule has 12 heavy (non-hydrogen) atoms. The summed E-state index contributed by atoms with van der Waals surface area (Å²) < 4.78 is 0. The van der Waals surface area contributed by atoms with E-state index < -0.39 is 0 Å². The monoisotopic (exact) mass is 200 g/mol. The summed E-state index contributed by atoms with van der Waals surface area (Å²) in [5, 5.41) is 2.77. The van der Waals surface area contributed by atoms with Gasteiger partial charge in [-0.15, -0.1) is 11.3 Å². The fraction of sp³-hybridized carbons (Fsp3) is 0.500. The first kappa shape index (κ1) is 9.61. The van der Waals surface area contributed by atoms with E-state index in [1.54, 1.807) is 0 Å². The second kappa shape index (κ2) is 3.11. The Morgan fingerprint density at radius 1 is 1.58 bits per heavy atom. The van der Waals surface area contributed by atoms with E-state index in [1.165, 1.54) is 11.3 Å². The first-order valence-electron chi connectivity index (χ1n) is 3.67. The van der Waals surface area contributed by atoms with E-state index in [1.807, 2.05) is 5.38 Å². The van der Waals surface area contributed by atoms with Crippen LogP contribution in [0.2, 0.25) is 0 Å². The molecule has 0 unspecified atom stereocenters. The van der Waals surface area contributed by atoms with Crippen LogP contribution < -0.4 is 5.73 Å². The topological polar surface area (TPSA) is 38.9 Å². The Morgan fingerprint density at radius 2 is 2.17 bits per heavy atom. The number of thiocarbonyl (C=S) groups is 1. The third-order valence-corrected chi connectivity index (χ3v) is 2.68. The van der Waals surface area contributed by atoms with E-state index in [4.69, 9.17) is 18.0 Å². The van der Waals surface area contributed by atoms with Crippen LogP contribution in [0.1, 0.15) is 31.5 Å². The maximum atomic E-state index is 5.45. The molecule has 0 aliphatic heterocycles. The van der Waals surface area contributed by atoms with Gasteiger partial charge in [-0.1, -0.05) is 33.0 Å². The minimum absolute atomic E-state index is 0.0829. The summed E-state index contributed by atoms with van der Waals surface area (Å²) in [5.74, 6) is 0. The summed E-state index contributed by atoms with van der Waals surface area (Å²) in [7, 11) is 0. The lowest BCUT2D eigenvalue weighted by Gasteiger charge is -2.13. The Hall–Kier alpha value is -0.480. The zero-order valence-corrected chi connectivity index (χ0v) is 9.05. The molecule has 0 spiro atoms. The summed E-state index contributed by atoms with van der Waals surface area (Å²) in [5.41, 5.74) is 6.58. The van der Waals surface area contributed by atoms with Gasteiger partial charge in [0.1, 0.15) is 4.99 Å². The van der Waals surface area contributed by atoms with E-state index in [2.05, 4.69) is 25.8 Å². The van der Waals surface area contributed by atoms with Crippen LogP contribution in [0.3, 0.4) is 0 Å². The van der Waals surface area contributed by atoms with Crippen LogP contribution in [0.25, 0.3) is 0 Å². The van der Waals surface area contributed by atoms with Crippen LogP contribution in [0, 0.1) is 0 Å². The first-order valence-corrected chi connectivity index (χ1v) is 4.96. The lowest BCUT2D eigenvalue weighted by molar-refractivity contribution is 0.573. The molecule has 66 valence electrons. The van der Waals surface area contributed by atoms with Gasteiger partial charge in [0.25, 0.3) is 0 Å². The number of aromatic nitrogens is 1. The van der Waals surface area contributed by atoms with E-state index in [9.17, 15) is 0 Å². The largest absolute Gasteiger partial charge is 0.387 e. The third-order valence-electron chi connectivity index (χ3n) is 1.48. The standard InChI is InChI=1S/C8H12N2S2/c1-8(2,3)5-4-12-7(10-5)6(9)11/h4H,1-3H3,(H2,9,11). The van der Waals surface area contributed by atoms with Crippen LogP contribution in [0.5, 0.6) is 0 Å². The summed E-state index contributed by atoms with van der Waals surface area (Å²) in [6.07, 6.45) is 0. The average molecular weight is 200 g/mol. The molecule has 1 heterocycles. The number of hydrogen-bond donors (Lipinski definition) is 1. The van der Waals surface area contributed by atoms with Crippen molar-refractivity contribution in [3.8, 4) is 0 Å². The molecule has 0 atom stereocenters. The van der Waals surface area contributed by atoms with Crippen LogP contribution in [0.15, 0.2) is 5.38 Å². The fourth-order valence-corrected chi connectivity index (χ4v) is 1.82. The Bertz CT molecular complexity index is 296. The summed E-state index contributed by atoms with van der Waals surface area (Å²) in [6.45, 7) is 6.35. The van der Waals surface area contributed by atoms with Gasteiger partial charge >= 0.3 is 0 Å². The zero-order chi connectivity index (χ0) is 9.35. The van der Waals surface area contributed by atoms with Crippen molar-refractivity contribution in [1.29, 1.82) is 0 Å². The highest BCUT2D eigenvalue weighted by molar-refractivity contribution is 7.81. The number of thiazole rings is 1.